The third-order valence-electron chi connectivity index (χ3n) is 6.13. The van der Waals surface area contributed by atoms with Crippen molar-refractivity contribution >= 4 is 17.8 Å². The third-order valence-corrected chi connectivity index (χ3v) is 6.13. The average molecular weight is 383 g/mol. The molecule has 150 valence electrons. The highest BCUT2D eigenvalue weighted by Gasteiger charge is 2.47. The first-order chi connectivity index (χ1) is 13.3. The standard InChI is InChI=1S/C22H29N3O3/c1-22(2,3)16-6-4-15(5-7-16)20(27)23-12-10-17(11-13-23)24-14-19(26)25(21(24)28)18-8-9-18/h4-7,17-18H,8-14H2,1-3H3. The zero-order chi connectivity index (χ0) is 20.1. The van der Waals surface area contributed by atoms with E-state index in [2.05, 4.69) is 20.8 Å². The lowest BCUT2D eigenvalue weighted by atomic mass is 9.86. The first kappa shape index (κ1) is 19.0. The monoisotopic (exact) mass is 383 g/mol. The molecule has 2 heterocycles. The minimum Gasteiger partial charge on any atom is -0.338 e. The lowest BCUT2D eigenvalue weighted by Crippen LogP contribution is -2.48. The van der Waals surface area contributed by atoms with Crippen molar-refractivity contribution in [1.29, 1.82) is 0 Å². The summed E-state index contributed by atoms with van der Waals surface area (Å²) >= 11 is 0. The molecule has 4 rings (SSSR count). The van der Waals surface area contributed by atoms with Crippen molar-refractivity contribution in [3.8, 4) is 0 Å². The number of amides is 4. The molecule has 1 aromatic carbocycles. The van der Waals surface area contributed by atoms with Gasteiger partial charge in [0.05, 0.1) is 0 Å². The first-order valence-electron chi connectivity index (χ1n) is 10.3. The van der Waals surface area contributed by atoms with Crippen molar-refractivity contribution in [2.24, 2.45) is 0 Å². The van der Waals surface area contributed by atoms with Crippen LogP contribution < -0.4 is 0 Å². The van der Waals surface area contributed by atoms with Crippen LogP contribution in [0.5, 0.6) is 0 Å². The van der Waals surface area contributed by atoms with Gasteiger partial charge < -0.3 is 9.80 Å². The molecule has 3 fully saturated rings. The van der Waals surface area contributed by atoms with Gasteiger partial charge >= 0.3 is 6.03 Å². The molecular formula is C22H29N3O3. The Morgan fingerprint density at radius 3 is 2.07 bits per heavy atom. The molecule has 0 N–H and O–H groups in total. The van der Waals surface area contributed by atoms with Gasteiger partial charge in [-0.1, -0.05) is 32.9 Å². The lowest BCUT2D eigenvalue weighted by molar-refractivity contribution is -0.125. The molecule has 3 aliphatic rings. The molecule has 6 heteroatoms. The Balaban J connectivity index is 1.36. The highest BCUT2D eigenvalue weighted by molar-refractivity contribution is 6.02. The van der Waals surface area contributed by atoms with Crippen LogP contribution in [0, 0.1) is 0 Å². The van der Waals surface area contributed by atoms with Gasteiger partial charge in [-0.05, 0) is 48.8 Å². The molecule has 2 saturated heterocycles. The van der Waals surface area contributed by atoms with Gasteiger partial charge in [-0.25, -0.2) is 4.79 Å². The molecule has 1 saturated carbocycles. The van der Waals surface area contributed by atoms with Gasteiger partial charge in [-0.3, -0.25) is 14.5 Å². The van der Waals surface area contributed by atoms with Gasteiger partial charge in [0.25, 0.3) is 11.8 Å². The molecule has 4 amide bonds. The minimum absolute atomic E-state index is 0.0438. The maximum absolute atomic E-state index is 12.8. The Bertz CT molecular complexity index is 784. The van der Waals surface area contributed by atoms with E-state index in [0.717, 1.165) is 25.7 Å². The number of imide groups is 1. The summed E-state index contributed by atoms with van der Waals surface area (Å²) in [6.07, 6.45) is 3.32. The van der Waals surface area contributed by atoms with Crippen molar-refractivity contribution in [3.05, 3.63) is 35.4 Å². The van der Waals surface area contributed by atoms with Gasteiger partial charge in [0.15, 0.2) is 0 Å². The SMILES string of the molecule is CC(C)(C)c1ccc(C(=O)N2CCC(N3CC(=O)N(C4CC4)C3=O)CC2)cc1. The molecule has 0 aromatic heterocycles. The van der Waals surface area contributed by atoms with Gasteiger partial charge in [0, 0.05) is 30.7 Å². The van der Waals surface area contributed by atoms with Crippen LogP contribution in [0.4, 0.5) is 4.79 Å². The number of hydrogen-bond donors (Lipinski definition) is 0. The fourth-order valence-corrected chi connectivity index (χ4v) is 4.19. The smallest absolute Gasteiger partial charge is 0.327 e. The normalized spacial score (nSPS) is 21.6. The van der Waals surface area contributed by atoms with Crippen LogP contribution in [0.2, 0.25) is 0 Å². The summed E-state index contributed by atoms with van der Waals surface area (Å²) in [5.41, 5.74) is 1.98. The molecule has 6 nitrogen and oxygen atoms in total. The Hall–Kier alpha value is -2.37. The van der Waals surface area contributed by atoms with E-state index in [1.54, 1.807) is 4.90 Å². The molecule has 0 atom stereocenters. The number of benzene rings is 1. The van der Waals surface area contributed by atoms with E-state index in [1.165, 1.54) is 10.5 Å². The second kappa shape index (κ2) is 6.90. The summed E-state index contributed by atoms with van der Waals surface area (Å²) in [6, 6.07) is 7.92. The van der Waals surface area contributed by atoms with E-state index < -0.39 is 0 Å². The minimum atomic E-state index is -0.130. The van der Waals surface area contributed by atoms with E-state index in [-0.39, 0.29) is 41.9 Å². The predicted octanol–water partition coefficient (Wildman–Crippen LogP) is 3.02. The Morgan fingerprint density at radius 1 is 0.929 bits per heavy atom. The quantitative estimate of drug-likeness (QED) is 0.754. The zero-order valence-electron chi connectivity index (χ0n) is 17.0. The average Bonchev–Trinajstić information content (AvgIpc) is 3.45. The van der Waals surface area contributed by atoms with E-state index in [9.17, 15) is 14.4 Å². The maximum atomic E-state index is 12.8. The number of carbonyl (C=O) groups is 3. The van der Waals surface area contributed by atoms with Crippen molar-refractivity contribution in [3.63, 3.8) is 0 Å². The van der Waals surface area contributed by atoms with Crippen LogP contribution in [0.25, 0.3) is 0 Å². The summed E-state index contributed by atoms with van der Waals surface area (Å²) in [4.78, 5) is 42.6. The van der Waals surface area contributed by atoms with Crippen molar-refractivity contribution in [2.75, 3.05) is 19.6 Å². The molecule has 1 aromatic rings. The second-order valence-electron chi connectivity index (χ2n) is 9.26. The molecule has 0 spiro atoms. The number of piperidine rings is 1. The van der Waals surface area contributed by atoms with Crippen LogP contribution in [0.15, 0.2) is 24.3 Å². The zero-order valence-corrected chi connectivity index (χ0v) is 17.0. The number of nitrogens with zero attached hydrogens (tertiary/aromatic N) is 3. The van der Waals surface area contributed by atoms with E-state index in [0.29, 0.717) is 18.7 Å². The molecule has 0 unspecified atom stereocenters. The second-order valence-corrected chi connectivity index (χ2v) is 9.26. The van der Waals surface area contributed by atoms with Gasteiger partial charge in [-0.15, -0.1) is 0 Å². The highest BCUT2D eigenvalue weighted by atomic mass is 16.2. The highest BCUT2D eigenvalue weighted by Crippen LogP contribution is 2.32. The van der Waals surface area contributed by atoms with Crippen molar-refractivity contribution in [1.82, 2.24) is 14.7 Å². The Morgan fingerprint density at radius 2 is 1.54 bits per heavy atom. The number of rotatable bonds is 3. The van der Waals surface area contributed by atoms with Crippen molar-refractivity contribution in [2.45, 2.75) is 64.0 Å². The Labute approximate surface area is 166 Å². The van der Waals surface area contributed by atoms with Gasteiger partial charge in [0.1, 0.15) is 6.54 Å². The lowest BCUT2D eigenvalue weighted by Gasteiger charge is -2.36. The van der Waals surface area contributed by atoms with Gasteiger partial charge in [-0.2, -0.15) is 0 Å². The number of carbonyl (C=O) groups excluding carboxylic acids is 3. The van der Waals surface area contributed by atoms with Crippen LogP contribution >= 0.6 is 0 Å². The van der Waals surface area contributed by atoms with Crippen LogP contribution in [0.3, 0.4) is 0 Å². The largest absolute Gasteiger partial charge is 0.338 e. The molecule has 0 bridgehead atoms. The topological polar surface area (TPSA) is 60.9 Å². The third kappa shape index (κ3) is 3.52. The summed E-state index contributed by atoms with van der Waals surface area (Å²) in [6.45, 7) is 7.90. The Kier molecular flexibility index (Phi) is 4.68. The van der Waals surface area contributed by atoms with E-state index in [4.69, 9.17) is 0 Å². The van der Waals surface area contributed by atoms with E-state index >= 15 is 0 Å². The summed E-state index contributed by atoms with van der Waals surface area (Å²) in [5, 5.41) is 0. The molecular weight excluding hydrogens is 354 g/mol. The summed E-state index contributed by atoms with van der Waals surface area (Å²) < 4.78 is 0. The fourth-order valence-electron chi connectivity index (χ4n) is 4.19. The molecule has 1 aliphatic carbocycles. The van der Waals surface area contributed by atoms with Crippen LogP contribution in [-0.2, 0) is 10.2 Å². The summed E-state index contributed by atoms with van der Waals surface area (Å²) in [7, 11) is 0. The predicted molar refractivity (Wildman–Crippen MR) is 106 cm³/mol. The number of likely N-dealkylation sites (tertiary alicyclic amines) is 1. The first-order valence-corrected chi connectivity index (χ1v) is 10.3. The molecule has 0 radical (unpaired) electrons. The van der Waals surface area contributed by atoms with Gasteiger partial charge in [0.2, 0.25) is 0 Å². The van der Waals surface area contributed by atoms with E-state index in [1.807, 2.05) is 29.2 Å². The van der Waals surface area contributed by atoms with Crippen LogP contribution in [-0.4, -0.2) is 64.3 Å². The van der Waals surface area contributed by atoms with Crippen LogP contribution in [0.1, 0.15) is 62.4 Å². The number of urea groups is 1. The number of hydrogen-bond acceptors (Lipinski definition) is 3. The molecule has 28 heavy (non-hydrogen) atoms. The van der Waals surface area contributed by atoms with Crippen molar-refractivity contribution < 1.29 is 14.4 Å². The maximum Gasteiger partial charge on any atom is 0.327 e. The fraction of sp³-hybridized carbons (Fsp3) is 0.591. The summed E-state index contributed by atoms with van der Waals surface area (Å²) in [5.74, 6) is -0.0210. The molecule has 2 aliphatic heterocycles.